The lowest BCUT2D eigenvalue weighted by molar-refractivity contribution is -0.127. The molecule has 2 N–H and O–H groups in total. The van der Waals surface area contributed by atoms with Crippen LogP contribution in [0.25, 0.3) is 0 Å². The summed E-state index contributed by atoms with van der Waals surface area (Å²) in [7, 11) is 0. The van der Waals surface area contributed by atoms with Crippen molar-refractivity contribution in [3.63, 3.8) is 0 Å². The van der Waals surface area contributed by atoms with Gasteiger partial charge in [-0.15, -0.1) is 0 Å². The molecule has 100 valence electrons. The van der Waals surface area contributed by atoms with Gasteiger partial charge < -0.3 is 10.4 Å². The maximum absolute atomic E-state index is 11.8. The maximum atomic E-state index is 11.8. The molecule has 0 saturated heterocycles. The monoisotopic (exact) mass is 269 g/mol. The Hall–Kier alpha value is -1.06. The minimum Gasteiger partial charge on any atom is -0.396 e. The van der Waals surface area contributed by atoms with Gasteiger partial charge in [0.1, 0.15) is 0 Å². The average molecular weight is 270 g/mol. The van der Waals surface area contributed by atoms with Gasteiger partial charge in [-0.3, -0.25) is 4.79 Å². The Morgan fingerprint density at radius 3 is 2.44 bits per heavy atom. The van der Waals surface area contributed by atoms with E-state index in [1.165, 1.54) is 0 Å². The zero-order valence-electron chi connectivity index (χ0n) is 10.8. The molecule has 0 aromatic heterocycles. The van der Waals surface area contributed by atoms with Gasteiger partial charge in [0.25, 0.3) is 0 Å². The number of nitrogens with one attached hydrogen (secondary N) is 1. The summed E-state index contributed by atoms with van der Waals surface area (Å²) < 4.78 is 0. The van der Waals surface area contributed by atoms with Crippen LogP contribution in [-0.2, 0) is 11.2 Å². The Balaban J connectivity index is 2.37. The number of benzene rings is 1. The maximum Gasteiger partial charge on any atom is 0.225 e. The van der Waals surface area contributed by atoms with E-state index < -0.39 is 0 Å². The Morgan fingerprint density at radius 2 is 1.94 bits per heavy atom. The molecule has 1 rings (SSSR count). The van der Waals surface area contributed by atoms with Crippen LogP contribution < -0.4 is 5.32 Å². The van der Waals surface area contributed by atoms with E-state index in [1.807, 2.05) is 38.1 Å². The number of hydrogen-bond donors (Lipinski definition) is 2. The summed E-state index contributed by atoms with van der Waals surface area (Å²) in [6.45, 7) is 4.33. The molecule has 18 heavy (non-hydrogen) atoms. The second-order valence-electron chi connectivity index (χ2n) is 4.70. The largest absolute Gasteiger partial charge is 0.396 e. The van der Waals surface area contributed by atoms with Crippen LogP contribution in [0, 0.1) is 11.8 Å². The van der Waals surface area contributed by atoms with Gasteiger partial charge in [0.05, 0.1) is 12.5 Å². The molecule has 1 unspecified atom stereocenters. The molecule has 3 nitrogen and oxygen atoms in total. The van der Waals surface area contributed by atoms with E-state index in [-0.39, 0.29) is 24.3 Å². The number of halogens is 1. The highest BCUT2D eigenvalue weighted by Gasteiger charge is 2.20. The van der Waals surface area contributed by atoms with Crippen LogP contribution in [0.1, 0.15) is 19.4 Å². The van der Waals surface area contributed by atoms with Crippen LogP contribution in [0.15, 0.2) is 24.3 Å². The van der Waals surface area contributed by atoms with Crippen LogP contribution in [0.2, 0.25) is 5.02 Å². The summed E-state index contributed by atoms with van der Waals surface area (Å²) in [6, 6.07) is 7.56. The molecule has 4 heteroatoms. The van der Waals surface area contributed by atoms with Gasteiger partial charge in [0.15, 0.2) is 0 Å². The van der Waals surface area contributed by atoms with Crippen LogP contribution >= 0.6 is 11.6 Å². The summed E-state index contributed by atoms with van der Waals surface area (Å²) in [5.41, 5.74) is 1.13. The molecule has 0 heterocycles. The molecule has 1 aromatic rings. The van der Waals surface area contributed by atoms with Crippen molar-refractivity contribution in [2.45, 2.75) is 20.3 Å². The first-order chi connectivity index (χ1) is 8.54. The third kappa shape index (κ3) is 4.67. The lowest BCUT2D eigenvalue weighted by atomic mass is 9.96. The van der Waals surface area contributed by atoms with Crippen LogP contribution in [0.5, 0.6) is 0 Å². The highest BCUT2D eigenvalue weighted by atomic mass is 35.5. The molecule has 0 aliphatic rings. The van der Waals surface area contributed by atoms with Gasteiger partial charge in [0, 0.05) is 11.6 Å². The minimum absolute atomic E-state index is 0.0820. The molecule has 0 aliphatic heterocycles. The summed E-state index contributed by atoms with van der Waals surface area (Å²) in [5.74, 6) is -0.262. The Labute approximate surface area is 113 Å². The van der Waals surface area contributed by atoms with Crippen molar-refractivity contribution < 1.29 is 9.90 Å². The summed E-state index contributed by atoms with van der Waals surface area (Å²) >= 11 is 5.79. The minimum atomic E-state index is -0.324. The average Bonchev–Trinajstić information content (AvgIpc) is 2.32. The second kappa shape index (κ2) is 7.39. The van der Waals surface area contributed by atoms with Gasteiger partial charge in [-0.2, -0.15) is 0 Å². The van der Waals surface area contributed by atoms with Crippen molar-refractivity contribution in [2.75, 3.05) is 13.2 Å². The van der Waals surface area contributed by atoms with E-state index in [4.69, 9.17) is 16.7 Å². The molecule has 0 aliphatic carbocycles. The van der Waals surface area contributed by atoms with Gasteiger partial charge in [-0.1, -0.05) is 37.6 Å². The lowest BCUT2D eigenvalue weighted by Gasteiger charge is -2.17. The van der Waals surface area contributed by atoms with Crippen molar-refractivity contribution in [3.05, 3.63) is 34.9 Å². The molecular weight excluding hydrogens is 250 g/mol. The number of aliphatic hydroxyl groups is 1. The zero-order valence-corrected chi connectivity index (χ0v) is 11.6. The first-order valence-corrected chi connectivity index (χ1v) is 6.55. The van der Waals surface area contributed by atoms with Gasteiger partial charge in [-0.05, 0) is 30.0 Å². The zero-order chi connectivity index (χ0) is 13.5. The van der Waals surface area contributed by atoms with Crippen LogP contribution in [0.3, 0.4) is 0 Å². The highest BCUT2D eigenvalue weighted by Crippen LogP contribution is 2.11. The van der Waals surface area contributed by atoms with E-state index in [1.54, 1.807) is 0 Å². The Morgan fingerprint density at radius 1 is 1.33 bits per heavy atom. The van der Waals surface area contributed by atoms with E-state index in [2.05, 4.69) is 5.32 Å². The predicted octanol–water partition coefficient (Wildman–Crippen LogP) is 2.26. The van der Waals surface area contributed by atoms with E-state index >= 15 is 0 Å². The first kappa shape index (κ1) is 15.0. The summed E-state index contributed by atoms with van der Waals surface area (Å²) in [5, 5.41) is 12.7. The second-order valence-corrected chi connectivity index (χ2v) is 5.14. The van der Waals surface area contributed by atoms with Gasteiger partial charge in [-0.25, -0.2) is 0 Å². The molecule has 0 spiro atoms. The molecule has 0 fully saturated rings. The van der Waals surface area contributed by atoms with E-state index in [0.717, 1.165) is 12.0 Å². The van der Waals surface area contributed by atoms with Crippen molar-refractivity contribution in [1.82, 2.24) is 5.32 Å². The molecule has 1 aromatic carbocycles. The fourth-order valence-corrected chi connectivity index (χ4v) is 1.83. The van der Waals surface area contributed by atoms with Gasteiger partial charge >= 0.3 is 0 Å². The van der Waals surface area contributed by atoms with Crippen LogP contribution in [0.4, 0.5) is 0 Å². The van der Waals surface area contributed by atoms with E-state index in [9.17, 15) is 4.79 Å². The third-order valence-electron chi connectivity index (χ3n) is 2.96. The molecule has 1 amide bonds. The summed E-state index contributed by atoms with van der Waals surface area (Å²) in [6.07, 6.45) is 0.763. The number of hydrogen-bond acceptors (Lipinski definition) is 2. The molecule has 0 bridgehead atoms. The fourth-order valence-electron chi connectivity index (χ4n) is 1.71. The molecule has 0 saturated carbocycles. The third-order valence-corrected chi connectivity index (χ3v) is 3.22. The Bertz CT molecular complexity index is 376. The van der Waals surface area contributed by atoms with E-state index in [0.29, 0.717) is 11.6 Å². The fraction of sp³-hybridized carbons (Fsp3) is 0.500. The standard InChI is InChI=1S/C14H20ClNO2/c1-10(2)13(9-17)14(18)16-8-7-11-3-5-12(15)6-4-11/h3-6,10,13,17H,7-9H2,1-2H3,(H,16,18). The summed E-state index contributed by atoms with van der Waals surface area (Å²) in [4.78, 5) is 11.8. The van der Waals surface area contributed by atoms with Gasteiger partial charge in [0.2, 0.25) is 5.91 Å². The number of carbonyl (C=O) groups excluding carboxylic acids is 1. The molecular formula is C14H20ClNO2. The number of rotatable bonds is 6. The quantitative estimate of drug-likeness (QED) is 0.832. The number of aliphatic hydroxyl groups excluding tert-OH is 1. The molecule has 1 atom stereocenters. The Kier molecular flexibility index (Phi) is 6.16. The SMILES string of the molecule is CC(C)C(CO)C(=O)NCCc1ccc(Cl)cc1. The smallest absolute Gasteiger partial charge is 0.225 e. The van der Waals surface area contributed by atoms with Crippen molar-refractivity contribution in [1.29, 1.82) is 0 Å². The van der Waals surface area contributed by atoms with Crippen molar-refractivity contribution >= 4 is 17.5 Å². The molecule has 0 radical (unpaired) electrons. The first-order valence-electron chi connectivity index (χ1n) is 6.17. The normalized spacial score (nSPS) is 12.5. The predicted molar refractivity (Wildman–Crippen MR) is 73.6 cm³/mol. The van der Waals surface area contributed by atoms with Crippen molar-refractivity contribution in [2.24, 2.45) is 11.8 Å². The van der Waals surface area contributed by atoms with Crippen molar-refractivity contribution in [3.8, 4) is 0 Å². The lowest BCUT2D eigenvalue weighted by Crippen LogP contribution is -2.36. The highest BCUT2D eigenvalue weighted by molar-refractivity contribution is 6.30. The number of carbonyl (C=O) groups is 1. The number of amides is 1. The topological polar surface area (TPSA) is 49.3 Å². The van der Waals surface area contributed by atoms with Crippen LogP contribution in [-0.4, -0.2) is 24.2 Å².